The van der Waals surface area contributed by atoms with Gasteiger partial charge in [0.2, 0.25) is 0 Å². The van der Waals surface area contributed by atoms with E-state index in [1.807, 2.05) is 0 Å². The fourth-order valence-corrected chi connectivity index (χ4v) is 2.42. The van der Waals surface area contributed by atoms with E-state index in [4.69, 9.17) is 10.6 Å². The molecule has 0 aliphatic rings. The Morgan fingerprint density at radius 2 is 1.78 bits per heavy atom. The Labute approximate surface area is 111 Å². The Bertz CT molecular complexity index is 390. The molecule has 0 saturated heterocycles. The van der Waals surface area contributed by atoms with Crippen LogP contribution in [0.15, 0.2) is 12.1 Å². The zero-order valence-electron chi connectivity index (χ0n) is 12.2. The molecule has 1 rings (SSSR count). The predicted octanol–water partition coefficient (Wildman–Crippen LogP) is 2.93. The molecule has 0 radical (unpaired) electrons. The molecular weight excluding hydrogens is 224 g/mol. The molecule has 3 N–H and O–H groups in total. The van der Waals surface area contributed by atoms with Crippen molar-refractivity contribution in [2.75, 3.05) is 7.11 Å². The molecule has 3 heteroatoms. The van der Waals surface area contributed by atoms with Crippen LogP contribution in [0, 0.1) is 20.8 Å². The zero-order chi connectivity index (χ0) is 13.7. The van der Waals surface area contributed by atoms with Crippen molar-refractivity contribution in [2.45, 2.75) is 52.7 Å². The lowest BCUT2D eigenvalue weighted by Gasteiger charge is -2.27. The number of aryl methyl sites for hydroxylation is 3. The van der Waals surface area contributed by atoms with Gasteiger partial charge >= 0.3 is 0 Å². The second-order valence-electron chi connectivity index (χ2n) is 5.00. The van der Waals surface area contributed by atoms with Crippen molar-refractivity contribution in [1.29, 1.82) is 0 Å². The molecule has 1 aromatic rings. The summed E-state index contributed by atoms with van der Waals surface area (Å²) in [6, 6.07) is 4.49. The first-order valence-corrected chi connectivity index (χ1v) is 6.61. The van der Waals surface area contributed by atoms with Crippen molar-refractivity contribution in [2.24, 2.45) is 5.84 Å². The Balaban J connectivity index is 3.11. The molecule has 102 valence electrons. The highest BCUT2D eigenvalue weighted by Crippen LogP contribution is 2.26. The summed E-state index contributed by atoms with van der Waals surface area (Å²) in [4.78, 5) is 0. The molecule has 0 spiro atoms. The minimum absolute atomic E-state index is 0.0502. The van der Waals surface area contributed by atoms with Gasteiger partial charge in [-0.15, -0.1) is 0 Å². The molecule has 0 aliphatic carbocycles. The first-order chi connectivity index (χ1) is 8.54. The second-order valence-corrected chi connectivity index (χ2v) is 5.00. The molecule has 0 aromatic heterocycles. The van der Waals surface area contributed by atoms with Gasteiger partial charge in [0.15, 0.2) is 0 Å². The Kier molecular flexibility index (Phi) is 5.79. The highest BCUT2D eigenvalue weighted by atomic mass is 16.5. The maximum atomic E-state index is 5.74. The molecule has 0 fully saturated rings. The van der Waals surface area contributed by atoms with E-state index in [0.29, 0.717) is 0 Å². The summed E-state index contributed by atoms with van der Waals surface area (Å²) in [5, 5.41) is 0. The summed E-state index contributed by atoms with van der Waals surface area (Å²) in [6.07, 6.45) is 2.19. The number of hydrogen-bond acceptors (Lipinski definition) is 3. The van der Waals surface area contributed by atoms with Gasteiger partial charge in [-0.2, -0.15) is 0 Å². The van der Waals surface area contributed by atoms with Gasteiger partial charge in [0.05, 0.1) is 12.1 Å². The van der Waals surface area contributed by atoms with Crippen LogP contribution in [0.4, 0.5) is 0 Å². The highest BCUT2D eigenvalue weighted by molar-refractivity contribution is 5.38. The molecule has 0 aliphatic heterocycles. The van der Waals surface area contributed by atoms with E-state index in [1.54, 1.807) is 7.11 Å². The van der Waals surface area contributed by atoms with Crippen molar-refractivity contribution < 1.29 is 4.74 Å². The van der Waals surface area contributed by atoms with E-state index < -0.39 is 0 Å². The molecule has 0 heterocycles. The largest absolute Gasteiger partial charge is 0.379 e. The summed E-state index contributed by atoms with van der Waals surface area (Å²) in [5.41, 5.74) is 8.03. The zero-order valence-corrected chi connectivity index (χ0v) is 12.2. The first kappa shape index (κ1) is 15.2. The van der Waals surface area contributed by atoms with Gasteiger partial charge in [-0.25, -0.2) is 0 Å². The third kappa shape index (κ3) is 3.31. The van der Waals surface area contributed by atoms with E-state index in [-0.39, 0.29) is 12.1 Å². The number of nitrogens with one attached hydrogen (secondary N) is 1. The summed E-state index contributed by atoms with van der Waals surface area (Å²) in [5.74, 6) is 5.74. The van der Waals surface area contributed by atoms with Gasteiger partial charge in [0.25, 0.3) is 0 Å². The predicted molar refractivity (Wildman–Crippen MR) is 76.4 cm³/mol. The van der Waals surface area contributed by atoms with Crippen molar-refractivity contribution >= 4 is 0 Å². The lowest BCUT2D eigenvalue weighted by molar-refractivity contribution is 0.0604. The average Bonchev–Trinajstić information content (AvgIpc) is 2.35. The van der Waals surface area contributed by atoms with Crippen LogP contribution in [0.2, 0.25) is 0 Å². The number of hydrazine groups is 1. The number of ether oxygens (including phenoxy) is 1. The van der Waals surface area contributed by atoms with E-state index in [9.17, 15) is 0 Å². The molecule has 3 nitrogen and oxygen atoms in total. The fraction of sp³-hybridized carbons (Fsp3) is 0.600. The lowest BCUT2D eigenvalue weighted by Crippen LogP contribution is -2.38. The van der Waals surface area contributed by atoms with Crippen LogP contribution < -0.4 is 11.3 Å². The molecular formula is C15H26N2O. The minimum atomic E-state index is 0.0502. The number of hydrogen-bond donors (Lipinski definition) is 2. The Morgan fingerprint density at radius 1 is 1.17 bits per heavy atom. The van der Waals surface area contributed by atoms with E-state index in [1.165, 1.54) is 22.3 Å². The van der Waals surface area contributed by atoms with Crippen molar-refractivity contribution in [3.05, 3.63) is 34.4 Å². The highest BCUT2D eigenvalue weighted by Gasteiger charge is 2.23. The van der Waals surface area contributed by atoms with Crippen LogP contribution in [0.1, 0.15) is 48.1 Å². The van der Waals surface area contributed by atoms with E-state index in [2.05, 4.69) is 45.3 Å². The minimum Gasteiger partial charge on any atom is -0.379 e. The number of methoxy groups -OCH3 is 1. The standard InChI is InChI=1S/C15H26N2O/c1-6-7-14(18-5)15(17-16)13-9-11(3)10(2)8-12(13)4/h8-9,14-15,17H,6-7,16H2,1-5H3. The van der Waals surface area contributed by atoms with Crippen molar-refractivity contribution in [3.8, 4) is 0 Å². The molecule has 0 saturated carbocycles. The Hall–Kier alpha value is -0.900. The summed E-state index contributed by atoms with van der Waals surface area (Å²) < 4.78 is 5.58. The SMILES string of the molecule is CCCC(OC)C(NN)c1cc(C)c(C)cc1C. The quantitative estimate of drug-likeness (QED) is 0.603. The maximum Gasteiger partial charge on any atom is 0.0778 e. The lowest BCUT2D eigenvalue weighted by atomic mass is 9.91. The molecule has 2 unspecified atom stereocenters. The van der Waals surface area contributed by atoms with Gasteiger partial charge < -0.3 is 4.74 Å². The van der Waals surface area contributed by atoms with E-state index in [0.717, 1.165) is 12.8 Å². The van der Waals surface area contributed by atoms with Gasteiger partial charge in [0, 0.05) is 7.11 Å². The van der Waals surface area contributed by atoms with E-state index >= 15 is 0 Å². The van der Waals surface area contributed by atoms with Gasteiger partial charge in [-0.3, -0.25) is 11.3 Å². The maximum absolute atomic E-state index is 5.74. The second kappa shape index (κ2) is 6.88. The monoisotopic (exact) mass is 250 g/mol. The first-order valence-electron chi connectivity index (χ1n) is 6.61. The van der Waals surface area contributed by atoms with Gasteiger partial charge in [-0.05, 0) is 49.4 Å². The molecule has 18 heavy (non-hydrogen) atoms. The van der Waals surface area contributed by atoms with Gasteiger partial charge in [0.1, 0.15) is 0 Å². The summed E-state index contributed by atoms with van der Waals surface area (Å²) in [6.45, 7) is 8.56. The summed E-state index contributed by atoms with van der Waals surface area (Å²) >= 11 is 0. The van der Waals surface area contributed by atoms with Crippen molar-refractivity contribution in [3.63, 3.8) is 0 Å². The van der Waals surface area contributed by atoms with Crippen LogP contribution in [0.3, 0.4) is 0 Å². The Morgan fingerprint density at radius 3 is 2.28 bits per heavy atom. The van der Waals surface area contributed by atoms with Crippen LogP contribution in [-0.4, -0.2) is 13.2 Å². The van der Waals surface area contributed by atoms with Crippen LogP contribution in [0.25, 0.3) is 0 Å². The third-order valence-corrected chi connectivity index (χ3v) is 3.64. The molecule has 2 atom stereocenters. The molecule has 1 aromatic carbocycles. The fourth-order valence-electron chi connectivity index (χ4n) is 2.42. The smallest absolute Gasteiger partial charge is 0.0778 e. The van der Waals surface area contributed by atoms with Gasteiger partial charge in [-0.1, -0.05) is 25.5 Å². The normalized spacial score (nSPS) is 14.6. The van der Waals surface area contributed by atoms with Crippen LogP contribution >= 0.6 is 0 Å². The number of benzene rings is 1. The average molecular weight is 250 g/mol. The summed E-state index contributed by atoms with van der Waals surface area (Å²) in [7, 11) is 1.75. The number of nitrogens with two attached hydrogens (primary N) is 1. The van der Waals surface area contributed by atoms with Crippen molar-refractivity contribution in [1.82, 2.24) is 5.43 Å². The van der Waals surface area contributed by atoms with Crippen LogP contribution in [0.5, 0.6) is 0 Å². The number of rotatable bonds is 6. The molecule has 0 amide bonds. The van der Waals surface area contributed by atoms with Crippen LogP contribution in [-0.2, 0) is 4.74 Å². The topological polar surface area (TPSA) is 47.3 Å². The third-order valence-electron chi connectivity index (χ3n) is 3.64. The molecule has 0 bridgehead atoms.